The molecule has 0 aromatic carbocycles. The molecular weight excluding hydrogens is 516 g/mol. The van der Waals surface area contributed by atoms with E-state index >= 15 is 0 Å². The molecule has 4 fully saturated rings. The monoisotopic (exact) mass is 578 g/mol. The number of hydrogen-bond donors (Lipinski definition) is 0. The van der Waals surface area contributed by atoms with Crippen molar-refractivity contribution in [3.63, 3.8) is 0 Å². The lowest BCUT2D eigenvalue weighted by Crippen LogP contribution is -2.34. The van der Waals surface area contributed by atoms with Gasteiger partial charge in [-0.25, -0.2) is 0 Å². The molecule has 8 nitrogen and oxygen atoms in total. The van der Waals surface area contributed by atoms with Crippen molar-refractivity contribution >= 4 is 23.1 Å². The Bertz CT molecular complexity index is 857. The largest absolute Gasteiger partial charge is 0.298 e. The van der Waals surface area contributed by atoms with Crippen LogP contribution in [0, 0.1) is 23.7 Å². The Balaban J connectivity index is 0.000000274. The van der Waals surface area contributed by atoms with Gasteiger partial charge in [0.25, 0.3) is 0 Å². The first-order valence-corrected chi connectivity index (χ1v) is 15.7. The summed E-state index contributed by atoms with van der Waals surface area (Å²) in [6.45, 7) is 20.8. The van der Waals surface area contributed by atoms with E-state index in [1.807, 2.05) is 28.2 Å². The highest BCUT2D eigenvalue weighted by atomic mass is 16.1. The standard InChI is InChI=1S/C9H17NO.3C8H15NO/c1-6-5-10(4)9(7(6)2)8(3)11;1-6-4-8(7(2)10)9(3)5-6;1-6-4-5-9(3)8(6)7(2)10;1-6-4-5-8(7(2)10)9(6)3/h6-7,9H,5H2,1-4H3;3*6,8H,4-5H2,1-3H3. The third-order valence-electron chi connectivity index (χ3n) is 9.97. The first-order chi connectivity index (χ1) is 18.9. The molecular formula is C33H62N4O4. The van der Waals surface area contributed by atoms with Gasteiger partial charge < -0.3 is 0 Å². The van der Waals surface area contributed by atoms with Crippen molar-refractivity contribution in [3.05, 3.63) is 0 Å². The number of Topliss-reactive ketones (excluding diaryl/α,β-unsaturated/α-hetero) is 4. The molecule has 0 aromatic rings. The van der Waals surface area contributed by atoms with Crippen molar-refractivity contribution < 1.29 is 19.2 Å². The molecule has 0 N–H and O–H groups in total. The maximum absolute atomic E-state index is 11.2. The van der Waals surface area contributed by atoms with Crippen molar-refractivity contribution in [2.75, 3.05) is 47.8 Å². The fourth-order valence-electron chi connectivity index (χ4n) is 7.31. The average molecular weight is 579 g/mol. The zero-order chi connectivity index (χ0) is 31.8. The molecule has 0 amide bonds. The quantitative estimate of drug-likeness (QED) is 0.494. The molecule has 8 heteroatoms. The Morgan fingerprint density at radius 1 is 0.561 bits per heavy atom. The second kappa shape index (κ2) is 17.0. The molecule has 4 aliphatic rings. The topological polar surface area (TPSA) is 81.2 Å². The van der Waals surface area contributed by atoms with Gasteiger partial charge in [-0.1, -0.05) is 27.7 Å². The summed E-state index contributed by atoms with van der Waals surface area (Å²) in [6.07, 6.45) is 4.43. The molecule has 238 valence electrons. The molecule has 0 aliphatic carbocycles. The number of rotatable bonds is 4. The zero-order valence-electron chi connectivity index (χ0n) is 28.6. The second-order valence-corrected chi connectivity index (χ2v) is 13.8. The molecule has 4 heterocycles. The van der Waals surface area contributed by atoms with E-state index in [2.05, 4.69) is 54.2 Å². The van der Waals surface area contributed by atoms with Gasteiger partial charge in [-0.15, -0.1) is 0 Å². The SMILES string of the molecule is CC(=O)C1C(C)C(C)CN1C.CC(=O)C1C(C)CCN1C.CC(=O)C1CC(C)CN1C.CC(=O)C1CCC(C)N1C. The smallest absolute Gasteiger partial charge is 0.147 e. The van der Waals surface area contributed by atoms with Crippen LogP contribution in [0.3, 0.4) is 0 Å². The van der Waals surface area contributed by atoms with Crippen LogP contribution in [-0.2, 0) is 19.2 Å². The average Bonchev–Trinajstić information content (AvgIpc) is 3.56. The van der Waals surface area contributed by atoms with Crippen LogP contribution in [0.25, 0.3) is 0 Å². The molecule has 0 bridgehead atoms. The van der Waals surface area contributed by atoms with Gasteiger partial charge in [0.05, 0.1) is 24.2 Å². The van der Waals surface area contributed by atoms with Crippen LogP contribution in [0.15, 0.2) is 0 Å². The van der Waals surface area contributed by atoms with Crippen LogP contribution in [0.1, 0.15) is 88.0 Å². The summed E-state index contributed by atoms with van der Waals surface area (Å²) in [5, 5.41) is 0. The lowest BCUT2D eigenvalue weighted by Gasteiger charge is -2.20. The van der Waals surface area contributed by atoms with E-state index in [0.29, 0.717) is 52.8 Å². The Morgan fingerprint density at radius 3 is 1.29 bits per heavy atom. The van der Waals surface area contributed by atoms with Crippen LogP contribution >= 0.6 is 0 Å². The second-order valence-electron chi connectivity index (χ2n) is 13.8. The van der Waals surface area contributed by atoms with Gasteiger partial charge in [0.1, 0.15) is 23.1 Å². The third-order valence-corrected chi connectivity index (χ3v) is 9.97. The highest BCUT2D eigenvalue weighted by molar-refractivity contribution is 5.83. The lowest BCUT2D eigenvalue weighted by molar-refractivity contribution is -0.122. The van der Waals surface area contributed by atoms with Crippen molar-refractivity contribution in [3.8, 4) is 0 Å². The normalized spacial score (nSPS) is 36.0. The van der Waals surface area contributed by atoms with Crippen molar-refractivity contribution in [2.24, 2.45) is 23.7 Å². The number of ketones is 4. The Hall–Kier alpha value is -1.48. The predicted molar refractivity (Wildman–Crippen MR) is 168 cm³/mol. The molecule has 0 saturated carbocycles. The lowest BCUT2D eigenvalue weighted by atomic mass is 9.92. The van der Waals surface area contributed by atoms with Crippen LogP contribution in [-0.4, -0.2) is 121 Å². The van der Waals surface area contributed by atoms with Gasteiger partial charge in [0.15, 0.2) is 0 Å². The fraction of sp³-hybridized carbons (Fsp3) is 0.879. The van der Waals surface area contributed by atoms with Crippen LogP contribution < -0.4 is 0 Å². The molecule has 4 saturated heterocycles. The van der Waals surface area contributed by atoms with Gasteiger partial charge >= 0.3 is 0 Å². The Kier molecular flexibility index (Phi) is 15.5. The van der Waals surface area contributed by atoms with E-state index in [9.17, 15) is 19.2 Å². The van der Waals surface area contributed by atoms with E-state index in [0.717, 1.165) is 32.5 Å². The summed E-state index contributed by atoms with van der Waals surface area (Å²) in [5.74, 6) is 3.68. The van der Waals surface area contributed by atoms with Crippen molar-refractivity contribution in [1.29, 1.82) is 0 Å². The van der Waals surface area contributed by atoms with E-state index < -0.39 is 0 Å². The predicted octanol–water partition coefficient (Wildman–Crippen LogP) is 4.05. The molecule has 41 heavy (non-hydrogen) atoms. The minimum absolute atomic E-state index is 0.171. The number of nitrogens with zero attached hydrogens (tertiary/aromatic N) is 4. The van der Waals surface area contributed by atoms with E-state index in [1.165, 1.54) is 12.8 Å². The molecule has 4 aliphatic heterocycles. The minimum Gasteiger partial charge on any atom is -0.298 e. The summed E-state index contributed by atoms with van der Waals surface area (Å²) >= 11 is 0. The molecule has 0 spiro atoms. The summed E-state index contributed by atoms with van der Waals surface area (Å²) in [6, 6.07) is 1.36. The third kappa shape index (κ3) is 10.9. The van der Waals surface area contributed by atoms with Crippen LogP contribution in [0.4, 0.5) is 0 Å². The van der Waals surface area contributed by atoms with Crippen molar-refractivity contribution in [1.82, 2.24) is 19.6 Å². The highest BCUT2D eigenvalue weighted by Gasteiger charge is 2.37. The highest BCUT2D eigenvalue weighted by Crippen LogP contribution is 2.28. The summed E-state index contributed by atoms with van der Waals surface area (Å²) < 4.78 is 0. The van der Waals surface area contributed by atoms with Gasteiger partial charge in [-0.3, -0.25) is 38.8 Å². The van der Waals surface area contributed by atoms with E-state index in [4.69, 9.17) is 0 Å². The summed E-state index contributed by atoms with van der Waals surface area (Å²) in [4.78, 5) is 52.7. The molecule has 0 radical (unpaired) electrons. The maximum Gasteiger partial charge on any atom is 0.147 e. The van der Waals surface area contributed by atoms with Gasteiger partial charge in [-0.05, 0) is 119 Å². The zero-order valence-corrected chi connectivity index (χ0v) is 28.6. The minimum atomic E-state index is 0.171. The van der Waals surface area contributed by atoms with Gasteiger partial charge in [0.2, 0.25) is 0 Å². The summed E-state index contributed by atoms with van der Waals surface area (Å²) in [7, 11) is 8.11. The van der Waals surface area contributed by atoms with Gasteiger partial charge in [-0.2, -0.15) is 0 Å². The number of likely N-dealkylation sites (N-methyl/N-ethyl adjacent to an activating group) is 4. The molecule has 9 atom stereocenters. The Morgan fingerprint density at radius 2 is 1.10 bits per heavy atom. The first kappa shape index (κ1) is 37.5. The molecule has 4 rings (SSSR count). The number of carbonyl (C=O) groups is 4. The number of likely N-dealkylation sites (tertiary alicyclic amines) is 4. The number of carbonyl (C=O) groups excluding carboxylic acids is 4. The summed E-state index contributed by atoms with van der Waals surface area (Å²) in [5.41, 5.74) is 0. The van der Waals surface area contributed by atoms with E-state index in [-0.39, 0.29) is 24.2 Å². The van der Waals surface area contributed by atoms with Crippen LogP contribution in [0.5, 0.6) is 0 Å². The van der Waals surface area contributed by atoms with E-state index in [1.54, 1.807) is 27.7 Å². The number of hydrogen-bond acceptors (Lipinski definition) is 8. The maximum atomic E-state index is 11.2. The van der Waals surface area contributed by atoms with Crippen LogP contribution in [0.2, 0.25) is 0 Å². The molecule has 9 unspecified atom stereocenters. The van der Waals surface area contributed by atoms with Gasteiger partial charge in [0, 0.05) is 19.1 Å². The first-order valence-electron chi connectivity index (χ1n) is 15.7. The molecule has 0 aromatic heterocycles. The fourth-order valence-corrected chi connectivity index (χ4v) is 7.31. The van der Waals surface area contributed by atoms with Crippen molar-refractivity contribution in [2.45, 2.75) is 118 Å². The Labute approximate surface area is 251 Å².